The summed E-state index contributed by atoms with van der Waals surface area (Å²) in [6.07, 6.45) is 0.845. The average Bonchev–Trinajstić information content (AvgIpc) is 3.87. The Bertz CT molecular complexity index is 2410. The molecule has 3 aliphatic carbocycles. The Morgan fingerprint density at radius 1 is 0.701 bits per heavy atom. The smallest absolute Gasteiger partial charge is 0.481 e. The lowest BCUT2D eigenvalue weighted by atomic mass is 9.43. The van der Waals surface area contributed by atoms with Gasteiger partial charge in [0.05, 0.1) is 18.2 Å². The molecule has 0 radical (unpaired) electrons. The van der Waals surface area contributed by atoms with Gasteiger partial charge in [-0.15, -0.1) is 0 Å². The second-order valence-electron chi connectivity index (χ2n) is 23.1. The molecule has 2 bridgehead atoms. The molecule has 2 aromatic rings. The van der Waals surface area contributed by atoms with Crippen LogP contribution in [0.3, 0.4) is 0 Å². The van der Waals surface area contributed by atoms with Crippen LogP contribution in [0.1, 0.15) is 143 Å². The molecule has 1 unspecified atom stereocenters. The number of nitrogens with two attached hydrogens (primary N) is 2. The molecule has 1 heterocycles. The van der Waals surface area contributed by atoms with E-state index in [-0.39, 0.29) is 36.0 Å². The van der Waals surface area contributed by atoms with Gasteiger partial charge >= 0.3 is 25.3 Å². The zero-order chi connectivity index (χ0) is 57.0. The Labute approximate surface area is 452 Å². The van der Waals surface area contributed by atoms with Crippen LogP contribution in [0.2, 0.25) is 0 Å². The van der Waals surface area contributed by atoms with E-state index in [1.807, 2.05) is 19.1 Å². The number of amides is 7. The highest BCUT2D eigenvalue weighted by molar-refractivity contribution is 6.47. The van der Waals surface area contributed by atoms with Gasteiger partial charge in [-0.25, -0.2) is 9.59 Å². The minimum Gasteiger partial charge on any atom is -0.481 e. The minimum absolute atomic E-state index is 0.0183. The molecular weight excluding hydrogens is 993 g/mol. The normalized spacial score (nSPS) is 21.2. The predicted octanol–water partition coefficient (Wildman–Crippen LogP) is 3.92. The number of ether oxygens (including phenoxy) is 2. The van der Waals surface area contributed by atoms with Gasteiger partial charge in [0.15, 0.2) is 6.17 Å². The number of alkyl carbamates (subject to hydrolysis) is 2. The fourth-order valence-electron chi connectivity index (χ4n) is 10.0. The largest absolute Gasteiger partial charge is 0.497 e. The van der Waals surface area contributed by atoms with Crippen molar-refractivity contribution in [1.82, 2.24) is 37.2 Å². The number of aryl methyl sites for hydroxylation is 1. The Hall–Kier alpha value is -6.30. The van der Waals surface area contributed by atoms with Crippen molar-refractivity contribution in [3.05, 3.63) is 59.7 Å². The van der Waals surface area contributed by atoms with E-state index >= 15 is 0 Å². The summed E-state index contributed by atoms with van der Waals surface area (Å²) < 4.78 is 23.3. The third-order valence-corrected chi connectivity index (χ3v) is 14.4. The monoisotopic (exact) mass is 1080 g/mol. The lowest BCUT2D eigenvalue weighted by Gasteiger charge is -2.64. The Morgan fingerprint density at radius 3 is 1.84 bits per heavy atom. The zero-order valence-corrected chi connectivity index (χ0v) is 46.3. The first kappa shape index (κ1) is 61.6. The molecule has 1 saturated heterocycles. The maximum absolute atomic E-state index is 14.0. The molecule has 1 aliphatic heterocycles. The molecule has 3 saturated carbocycles. The second-order valence-corrected chi connectivity index (χ2v) is 23.1. The van der Waals surface area contributed by atoms with E-state index in [0.717, 1.165) is 43.2 Å². The van der Waals surface area contributed by atoms with Gasteiger partial charge in [-0.2, -0.15) is 0 Å². The first-order valence-electron chi connectivity index (χ1n) is 26.7. The van der Waals surface area contributed by atoms with Gasteiger partial charge in [-0.3, -0.25) is 28.8 Å². The van der Waals surface area contributed by atoms with Crippen LogP contribution in [0, 0.1) is 17.3 Å². The number of benzene rings is 2. The summed E-state index contributed by atoms with van der Waals surface area (Å²) in [4.78, 5) is 106. The Morgan fingerprint density at radius 2 is 1.26 bits per heavy atom. The maximum Gasteiger partial charge on any atom is 0.497 e. The van der Waals surface area contributed by atoms with E-state index in [4.69, 9.17) is 30.2 Å². The molecule has 23 heteroatoms. The van der Waals surface area contributed by atoms with E-state index in [9.17, 15) is 43.5 Å². The number of carbonyl (C=O) groups excluding carboxylic acids is 7. The fraction of sp³-hybridized carbons (Fsp3) is 0.630. The number of rotatable bonds is 25. The van der Waals surface area contributed by atoms with Gasteiger partial charge in [0, 0.05) is 18.5 Å². The maximum atomic E-state index is 14.0. The molecule has 4 aliphatic rings. The van der Waals surface area contributed by atoms with E-state index in [1.165, 1.54) is 5.56 Å². The summed E-state index contributed by atoms with van der Waals surface area (Å²) in [6, 6.07) is 9.13. The van der Waals surface area contributed by atoms with Gasteiger partial charge in [-0.05, 0) is 146 Å². The van der Waals surface area contributed by atoms with Crippen LogP contribution in [0.15, 0.2) is 48.5 Å². The molecule has 424 valence electrons. The minimum atomic E-state index is -1.85. The third-order valence-electron chi connectivity index (χ3n) is 14.4. The molecule has 6 rings (SSSR count). The average molecular weight is 1080 g/mol. The number of hydrogen-bond donors (Lipinski definition) is 10. The molecular formula is C54H82BN9O13. The highest BCUT2D eigenvalue weighted by atomic mass is 16.7. The summed E-state index contributed by atoms with van der Waals surface area (Å²) >= 11 is 0. The number of carboxylic acid groups (broad SMARTS) is 1. The Balaban J connectivity index is 1.26. The first-order valence-corrected chi connectivity index (χ1v) is 26.7. The van der Waals surface area contributed by atoms with E-state index in [2.05, 4.69) is 70.1 Å². The van der Waals surface area contributed by atoms with Crippen molar-refractivity contribution in [1.29, 1.82) is 0 Å². The molecule has 12 N–H and O–H groups in total. The van der Waals surface area contributed by atoms with Crippen molar-refractivity contribution in [2.45, 2.75) is 187 Å². The van der Waals surface area contributed by atoms with Crippen LogP contribution in [0.4, 0.5) is 9.59 Å². The number of unbranched alkanes of at least 4 members (excludes halogenated alkanes) is 2. The standard InChI is InChI=1S/C54H82BN9O13/c1-11-12-15-31-17-19-32(20-18-31)33-21-23-34(24-22-33)43(67)62-38(30-59-50(73)75-52(5,6)7)46(70)60-37(25-26-41(65)66)44(68)63-42(56)47(71)61-36(16-13-14-27-58-49(72)74-51(2,3)4)45(69)64-48(57)55-76-40-29-35-28-39(53(35,8)9)54(40,10)77-55/h17-24,35-40,42,48H,11-16,25-30,56-57H2,1-10H3,(H,58,72)(H,59,73)(H,60,70)(H,61,71)(H,62,67)(H,63,68)(H,64,69)(H,65,66)/t35-,36-,37-,38-,39-,40?,42+,48+,54-/m0/s1. The summed E-state index contributed by atoms with van der Waals surface area (Å²) in [6.45, 7) is 18.3. The van der Waals surface area contributed by atoms with Crippen molar-refractivity contribution < 1.29 is 62.2 Å². The Kier molecular flexibility index (Phi) is 21.1. The second kappa shape index (κ2) is 26.4. The molecule has 22 nitrogen and oxygen atoms in total. The van der Waals surface area contributed by atoms with Gasteiger partial charge in [-0.1, -0.05) is 63.6 Å². The van der Waals surface area contributed by atoms with Crippen molar-refractivity contribution in [3.63, 3.8) is 0 Å². The van der Waals surface area contributed by atoms with Crippen LogP contribution in [0.5, 0.6) is 0 Å². The van der Waals surface area contributed by atoms with Crippen LogP contribution in [0.25, 0.3) is 11.1 Å². The topological polar surface area (TPSA) is 330 Å². The van der Waals surface area contributed by atoms with Crippen LogP contribution < -0.4 is 48.7 Å². The van der Waals surface area contributed by atoms with Gasteiger partial charge < -0.3 is 72.6 Å². The molecule has 9 atom stereocenters. The van der Waals surface area contributed by atoms with Crippen molar-refractivity contribution in [3.8, 4) is 11.1 Å². The van der Waals surface area contributed by atoms with Crippen molar-refractivity contribution in [2.24, 2.45) is 28.7 Å². The van der Waals surface area contributed by atoms with Crippen LogP contribution in [-0.2, 0) is 49.2 Å². The zero-order valence-electron chi connectivity index (χ0n) is 46.3. The van der Waals surface area contributed by atoms with Crippen LogP contribution >= 0.6 is 0 Å². The van der Waals surface area contributed by atoms with E-state index in [0.29, 0.717) is 18.8 Å². The lowest BCUT2D eigenvalue weighted by molar-refractivity contribution is -0.199. The highest BCUT2D eigenvalue weighted by Crippen LogP contribution is 2.65. The molecule has 0 aromatic heterocycles. The number of carboxylic acids is 1. The predicted molar refractivity (Wildman–Crippen MR) is 287 cm³/mol. The van der Waals surface area contributed by atoms with E-state index in [1.54, 1.807) is 65.8 Å². The highest BCUT2D eigenvalue weighted by Gasteiger charge is 2.68. The third kappa shape index (κ3) is 17.6. The van der Waals surface area contributed by atoms with Crippen molar-refractivity contribution >= 4 is 54.8 Å². The fourth-order valence-corrected chi connectivity index (χ4v) is 10.0. The van der Waals surface area contributed by atoms with Crippen molar-refractivity contribution in [2.75, 3.05) is 13.1 Å². The van der Waals surface area contributed by atoms with Gasteiger partial charge in [0.1, 0.15) is 35.4 Å². The van der Waals surface area contributed by atoms with Crippen LogP contribution in [-0.4, -0.2) is 126 Å². The number of carbonyl (C=O) groups is 8. The van der Waals surface area contributed by atoms with Gasteiger partial charge in [0.2, 0.25) is 17.7 Å². The summed E-state index contributed by atoms with van der Waals surface area (Å²) in [5, 5.41) is 27.3. The quantitative estimate of drug-likeness (QED) is 0.0383. The number of nitrogens with one attached hydrogen (secondary N) is 7. The first-order chi connectivity index (χ1) is 36.0. The molecule has 0 spiro atoms. The lowest BCUT2D eigenvalue weighted by Crippen LogP contribution is -2.65. The molecule has 7 amide bonds. The SMILES string of the molecule is CCCCc1ccc(-c2ccc(C(=O)N[C@@H](CNC(=O)OC(C)(C)C)C(=O)N[C@@H](CCC(=O)O)C(=O)N[C@@H](N)C(=O)N[C@@H](CCCCNC(=O)OC(C)(C)C)C(=O)N[C@@H](N)B3OC4C[C@@H]5C[C@@H](C5(C)C)[C@]4(C)O3)cc2)cc1. The van der Waals surface area contributed by atoms with E-state index < -0.39 is 121 Å². The number of hydrogen-bond acceptors (Lipinski definition) is 14. The number of aliphatic carboxylic acids is 1. The molecule has 77 heavy (non-hydrogen) atoms. The summed E-state index contributed by atoms with van der Waals surface area (Å²) in [5.41, 5.74) is 13.7. The molecule has 4 fully saturated rings. The van der Waals surface area contributed by atoms with Gasteiger partial charge in [0.25, 0.3) is 11.8 Å². The molecule has 2 aromatic carbocycles. The summed E-state index contributed by atoms with van der Waals surface area (Å²) in [7, 11) is -0.991. The summed E-state index contributed by atoms with van der Waals surface area (Å²) in [5.74, 6) is -5.17.